The molecule has 1 saturated heterocycles. The van der Waals surface area contributed by atoms with Crippen LogP contribution in [0.2, 0.25) is 0 Å². The molecule has 4 atom stereocenters. The van der Waals surface area contributed by atoms with Gasteiger partial charge in [0, 0.05) is 5.56 Å². The minimum absolute atomic E-state index is 0.0726. The lowest BCUT2D eigenvalue weighted by Crippen LogP contribution is -2.32. The van der Waals surface area contributed by atoms with E-state index in [2.05, 4.69) is 17.1 Å². The second-order valence-corrected chi connectivity index (χ2v) is 7.55. The zero-order chi connectivity index (χ0) is 18.1. The van der Waals surface area contributed by atoms with Crippen LogP contribution < -0.4 is 4.90 Å². The van der Waals surface area contributed by atoms with Crippen LogP contribution in [-0.4, -0.2) is 16.8 Å². The number of allylic oxidation sites excluding steroid dienone is 2. The van der Waals surface area contributed by atoms with Gasteiger partial charge in [-0.3, -0.25) is 9.59 Å². The van der Waals surface area contributed by atoms with Crippen molar-refractivity contribution >= 4 is 28.6 Å². The molecule has 2 fully saturated rings. The first kappa shape index (κ1) is 14.9. The molecule has 132 valence electrons. The molecule has 0 N–H and O–H groups in total. The predicted molar refractivity (Wildman–Crippen MR) is 99.7 cm³/mol. The molecule has 2 amide bonds. The van der Waals surface area contributed by atoms with Crippen molar-refractivity contribution in [1.29, 1.82) is 0 Å². The standard InChI is InChI=1S/C22H16N2O3/c25-21-18-12-8-9-13(10-12)19(18)22(26)24(21)15-5-3-4-14(11-15)20-23-16-6-1-2-7-17(16)27-20/h1-9,11-13,18-19H,10H2/t12-,13-,18+,19+/m1/s1. The molecule has 0 radical (unpaired) electrons. The number of carbonyl (C=O) groups excluding carboxylic acids is 2. The molecule has 2 aromatic carbocycles. The van der Waals surface area contributed by atoms with Crippen LogP contribution >= 0.6 is 0 Å². The number of fused-ring (bicyclic) bond motifs is 6. The Morgan fingerprint density at radius 2 is 1.67 bits per heavy atom. The molecule has 5 nitrogen and oxygen atoms in total. The Morgan fingerprint density at radius 1 is 0.926 bits per heavy atom. The molecule has 2 bridgehead atoms. The van der Waals surface area contributed by atoms with Crippen molar-refractivity contribution in [3.05, 3.63) is 60.7 Å². The fraction of sp³-hybridized carbons (Fsp3) is 0.227. The molecule has 27 heavy (non-hydrogen) atoms. The van der Waals surface area contributed by atoms with Crippen molar-refractivity contribution in [2.45, 2.75) is 6.42 Å². The number of carbonyl (C=O) groups is 2. The predicted octanol–water partition coefficient (Wildman–Crippen LogP) is 3.81. The van der Waals surface area contributed by atoms with Crippen LogP contribution in [-0.2, 0) is 9.59 Å². The highest BCUT2D eigenvalue weighted by Crippen LogP contribution is 2.53. The van der Waals surface area contributed by atoms with Gasteiger partial charge in [0.05, 0.1) is 17.5 Å². The minimum atomic E-state index is -0.194. The van der Waals surface area contributed by atoms with E-state index in [-0.39, 0.29) is 35.5 Å². The second-order valence-electron chi connectivity index (χ2n) is 7.55. The Balaban J connectivity index is 1.40. The number of aromatic nitrogens is 1. The number of rotatable bonds is 2. The van der Waals surface area contributed by atoms with Crippen molar-refractivity contribution in [2.75, 3.05) is 4.90 Å². The second kappa shape index (κ2) is 5.16. The van der Waals surface area contributed by atoms with Gasteiger partial charge in [-0.05, 0) is 48.6 Å². The Bertz CT molecular complexity index is 1080. The number of hydrogen-bond acceptors (Lipinski definition) is 4. The molecule has 0 spiro atoms. The molecule has 5 heteroatoms. The summed E-state index contributed by atoms with van der Waals surface area (Å²) in [7, 11) is 0. The first-order valence-electron chi connectivity index (χ1n) is 9.23. The highest BCUT2D eigenvalue weighted by atomic mass is 16.3. The summed E-state index contributed by atoms with van der Waals surface area (Å²) in [5.41, 5.74) is 2.84. The van der Waals surface area contributed by atoms with E-state index in [0.29, 0.717) is 17.2 Å². The van der Waals surface area contributed by atoms with E-state index >= 15 is 0 Å². The van der Waals surface area contributed by atoms with Gasteiger partial charge >= 0.3 is 0 Å². The van der Waals surface area contributed by atoms with Gasteiger partial charge in [0.15, 0.2) is 5.58 Å². The van der Waals surface area contributed by atoms with Crippen molar-refractivity contribution < 1.29 is 14.0 Å². The summed E-state index contributed by atoms with van der Waals surface area (Å²) < 4.78 is 5.83. The summed E-state index contributed by atoms with van der Waals surface area (Å²) in [6.07, 6.45) is 5.15. The van der Waals surface area contributed by atoms with E-state index in [9.17, 15) is 9.59 Å². The lowest BCUT2D eigenvalue weighted by Gasteiger charge is -2.17. The fourth-order valence-electron chi connectivity index (χ4n) is 4.93. The van der Waals surface area contributed by atoms with Crippen molar-refractivity contribution in [1.82, 2.24) is 4.98 Å². The van der Waals surface area contributed by atoms with Crippen LogP contribution in [0.3, 0.4) is 0 Å². The summed E-state index contributed by atoms with van der Waals surface area (Å²) in [6, 6.07) is 14.9. The smallest absolute Gasteiger partial charge is 0.238 e. The number of hydrogen-bond donors (Lipinski definition) is 0. The van der Waals surface area contributed by atoms with Crippen LogP contribution in [0.5, 0.6) is 0 Å². The SMILES string of the molecule is O=C1[C@@H]2[C@@H](C(=O)N1c1cccc(-c3nc4ccccc4o3)c1)[C@@H]1C=C[C@@H]2C1. The Hall–Kier alpha value is -3.21. The van der Waals surface area contributed by atoms with Gasteiger partial charge in [0.1, 0.15) is 5.52 Å². The average Bonchev–Trinajstić information content (AvgIpc) is 3.44. The summed E-state index contributed by atoms with van der Waals surface area (Å²) in [6.45, 7) is 0. The molecule has 3 aromatic rings. The third kappa shape index (κ3) is 1.97. The third-order valence-corrected chi connectivity index (χ3v) is 6.12. The van der Waals surface area contributed by atoms with E-state index in [4.69, 9.17) is 4.42 Å². The maximum absolute atomic E-state index is 13.0. The molecule has 1 aliphatic heterocycles. The number of oxazole rings is 1. The zero-order valence-electron chi connectivity index (χ0n) is 14.4. The summed E-state index contributed by atoms with van der Waals surface area (Å²) in [4.78, 5) is 31.9. The molecule has 1 aromatic heterocycles. The normalized spacial score (nSPS) is 28.5. The maximum Gasteiger partial charge on any atom is 0.238 e. The lowest BCUT2D eigenvalue weighted by molar-refractivity contribution is -0.123. The Labute approximate surface area is 155 Å². The van der Waals surface area contributed by atoms with Gasteiger partial charge in [-0.25, -0.2) is 9.88 Å². The Kier molecular flexibility index (Phi) is 2.85. The molecule has 6 rings (SSSR count). The van der Waals surface area contributed by atoms with Gasteiger partial charge < -0.3 is 4.42 Å². The molecule has 3 aliphatic rings. The first-order valence-corrected chi connectivity index (χ1v) is 9.23. The quantitative estimate of drug-likeness (QED) is 0.517. The largest absolute Gasteiger partial charge is 0.436 e. The molecule has 2 heterocycles. The maximum atomic E-state index is 13.0. The zero-order valence-corrected chi connectivity index (χ0v) is 14.4. The molecule has 2 aliphatic carbocycles. The number of benzene rings is 2. The van der Waals surface area contributed by atoms with Gasteiger partial charge in [-0.15, -0.1) is 0 Å². The summed E-state index contributed by atoms with van der Waals surface area (Å²) in [5, 5.41) is 0. The molecular weight excluding hydrogens is 340 g/mol. The minimum Gasteiger partial charge on any atom is -0.436 e. The lowest BCUT2D eigenvalue weighted by atomic mass is 9.85. The average molecular weight is 356 g/mol. The molecule has 0 unspecified atom stereocenters. The van der Waals surface area contributed by atoms with Crippen LogP contribution in [0, 0.1) is 23.7 Å². The van der Waals surface area contributed by atoms with Crippen LogP contribution in [0.1, 0.15) is 6.42 Å². The highest BCUT2D eigenvalue weighted by molar-refractivity contribution is 6.23. The number of imide groups is 1. The number of para-hydroxylation sites is 2. The van der Waals surface area contributed by atoms with Gasteiger partial charge in [-0.2, -0.15) is 0 Å². The number of anilines is 1. The number of nitrogens with zero attached hydrogens (tertiary/aromatic N) is 2. The van der Waals surface area contributed by atoms with E-state index in [1.54, 1.807) is 6.07 Å². The van der Waals surface area contributed by atoms with Crippen LogP contribution in [0.15, 0.2) is 65.1 Å². The number of amides is 2. The van der Waals surface area contributed by atoms with E-state index in [0.717, 1.165) is 17.5 Å². The fourth-order valence-corrected chi connectivity index (χ4v) is 4.93. The van der Waals surface area contributed by atoms with E-state index in [1.165, 1.54) is 4.90 Å². The van der Waals surface area contributed by atoms with Gasteiger partial charge in [-0.1, -0.05) is 30.4 Å². The van der Waals surface area contributed by atoms with Crippen LogP contribution in [0.4, 0.5) is 5.69 Å². The van der Waals surface area contributed by atoms with Crippen LogP contribution in [0.25, 0.3) is 22.6 Å². The van der Waals surface area contributed by atoms with E-state index in [1.807, 2.05) is 42.5 Å². The van der Waals surface area contributed by atoms with Crippen molar-refractivity contribution in [3.8, 4) is 11.5 Å². The molecule has 1 saturated carbocycles. The monoisotopic (exact) mass is 356 g/mol. The third-order valence-electron chi connectivity index (χ3n) is 6.12. The van der Waals surface area contributed by atoms with Crippen molar-refractivity contribution in [3.63, 3.8) is 0 Å². The molecular formula is C22H16N2O3. The van der Waals surface area contributed by atoms with Gasteiger partial charge in [0.2, 0.25) is 17.7 Å². The first-order chi connectivity index (χ1) is 13.2. The summed E-state index contributed by atoms with van der Waals surface area (Å²) in [5.74, 6) is 0.372. The summed E-state index contributed by atoms with van der Waals surface area (Å²) >= 11 is 0. The highest BCUT2D eigenvalue weighted by Gasteiger charge is 2.59. The van der Waals surface area contributed by atoms with Gasteiger partial charge in [0.25, 0.3) is 0 Å². The topological polar surface area (TPSA) is 63.4 Å². The Morgan fingerprint density at radius 3 is 2.41 bits per heavy atom. The van der Waals surface area contributed by atoms with Crippen molar-refractivity contribution in [2.24, 2.45) is 23.7 Å². The van der Waals surface area contributed by atoms with E-state index < -0.39 is 0 Å².